The lowest BCUT2D eigenvalue weighted by atomic mass is 9.83. The SMILES string of the molecule is CC(c1ccccc1)C(C)(N)CO. The van der Waals surface area contributed by atoms with Crippen molar-refractivity contribution in [2.45, 2.75) is 25.3 Å². The highest BCUT2D eigenvalue weighted by Crippen LogP contribution is 2.24. The van der Waals surface area contributed by atoms with Crippen LogP contribution in [-0.4, -0.2) is 17.3 Å². The van der Waals surface area contributed by atoms with Crippen LogP contribution >= 0.6 is 0 Å². The number of aliphatic hydroxyl groups is 1. The molecule has 72 valence electrons. The molecule has 1 rings (SSSR count). The number of hydrogen-bond acceptors (Lipinski definition) is 2. The second kappa shape index (κ2) is 3.90. The zero-order valence-corrected chi connectivity index (χ0v) is 8.20. The Balaban J connectivity index is 2.85. The maximum absolute atomic E-state index is 9.10. The molecule has 13 heavy (non-hydrogen) atoms. The number of hydrogen-bond donors (Lipinski definition) is 2. The predicted octanol–water partition coefficient (Wildman–Crippen LogP) is 1.50. The largest absolute Gasteiger partial charge is 0.394 e. The monoisotopic (exact) mass is 179 g/mol. The summed E-state index contributed by atoms with van der Waals surface area (Å²) < 4.78 is 0. The van der Waals surface area contributed by atoms with Crippen LogP contribution in [0.25, 0.3) is 0 Å². The van der Waals surface area contributed by atoms with E-state index >= 15 is 0 Å². The minimum Gasteiger partial charge on any atom is -0.394 e. The highest BCUT2D eigenvalue weighted by molar-refractivity contribution is 5.22. The molecule has 1 aromatic carbocycles. The summed E-state index contributed by atoms with van der Waals surface area (Å²) in [4.78, 5) is 0. The van der Waals surface area contributed by atoms with Crippen molar-refractivity contribution in [3.8, 4) is 0 Å². The number of rotatable bonds is 3. The molecular weight excluding hydrogens is 162 g/mol. The lowest BCUT2D eigenvalue weighted by molar-refractivity contribution is 0.189. The van der Waals surface area contributed by atoms with Crippen LogP contribution in [0.15, 0.2) is 30.3 Å². The molecule has 2 atom stereocenters. The minimum atomic E-state index is -0.540. The van der Waals surface area contributed by atoms with Crippen molar-refractivity contribution in [3.63, 3.8) is 0 Å². The Bertz CT molecular complexity index is 256. The van der Waals surface area contributed by atoms with Crippen molar-refractivity contribution in [1.29, 1.82) is 0 Å². The van der Waals surface area contributed by atoms with Crippen molar-refractivity contribution in [2.24, 2.45) is 5.73 Å². The van der Waals surface area contributed by atoms with Gasteiger partial charge in [-0.1, -0.05) is 37.3 Å². The zero-order chi connectivity index (χ0) is 9.90. The van der Waals surface area contributed by atoms with E-state index in [1.807, 2.05) is 44.2 Å². The fourth-order valence-electron chi connectivity index (χ4n) is 1.26. The standard InChI is InChI=1S/C11H17NO/c1-9(11(2,12)8-13)10-6-4-3-5-7-10/h3-7,9,13H,8,12H2,1-2H3. The zero-order valence-electron chi connectivity index (χ0n) is 8.20. The number of aliphatic hydroxyl groups excluding tert-OH is 1. The van der Waals surface area contributed by atoms with Gasteiger partial charge in [0.05, 0.1) is 6.61 Å². The molecule has 0 spiro atoms. The van der Waals surface area contributed by atoms with E-state index in [4.69, 9.17) is 10.8 Å². The van der Waals surface area contributed by atoms with Crippen LogP contribution in [0, 0.1) is 0 Å². The van der Waals surface area contributed by atoms with E-state index < -0.39 is 5.54 Å². The molecule has 3 N–H and O–H groups in total. The number of benzene rings is 1. The summed E-state index contributed by atoms with van der Waals surface area (Å²) in [5.74, 6) is 0.165. The van der Waals surface area contributed by atoms with Crippen LogP contribution in [0.2, 0.25) is 0 Å². The molecule has 2 nitrogen and oxygen atoms in total. The molecule has 1 aromatic rings. The smallest absolute Gasteiger partial charge is 0.0614 e. The minimum absolute atomic E-state index is 0.00304. The summed E-state index contributed by atoms with van der Waals surface area (Å²) in [6.07, 6.45) is 0. The molecule has 0 saturated heterocycles. The van der Waals surface area contributed by atoms with Gasteiger partial charge in [-0.3, -0.25) is 0 Å². The van der Waals surface area contributed by atoms with Gasteiger partial charge in [-0.15, -0.1) is 0 Å². The molecule has 2 heteroatoms. The maximum Gasteiger partial charge on any atom is 0.0614 e. The topological polar surface area (TPSA) is 46.2 Å². The van der Waals surface area contributed by atoms with E-state index in [0.29, 0.717) is 0 Å². The van der Waals surface area contributed by atoms with Crippen molar-refractivity contribution < 1.29 is 5.11 Å². The van der Waals surface area contributed by atoms with Gasteiger partial charge in [-0.05, 0) is 12.5 Å². The van der Waals surface area contributed by atoms with Crippen molar-refractivity contribution >= 4 is 0 Å². The van der Waals surface area contributed by atoms with Crippen LogP contribution in [-0.2, 0) is 0 Å². The maximum atomic E-state index is 9.10. The van der Waals surface area contributed by atoms with E-state index in [1.165, 1.54) is 5.56 Å². The molecule has 0 heterocycles. The molecule has 0 radical (unpaired) electrons. The van der Waals surface area contributed by atoms with E-state index in [0.717, 1.165) is 0 Å². The second-order valence-corrected chi connectivity index (χ2v) is 3.80. The van der Waals surface area contributed by atoms with Gasteiger partial charge < -0.3 is 10.8 Å². The van der Waals surface area contributed by atoms with Gasteiger partial charge in [-0.25, -0.2) is 0 Å². The van der Waals surface area contributed by atoms with E-state index in [9.17, 15) is 0 Å². The van der Waals surface area contributed by atoms with Crippen molar-refractivity contribution in [2.75, 3.05) is 6.61 Å². The highest BCUT2D eigenvalue weighted by atomic mass is 16.3. The Hall–Kier alpha value is -0.860. The van der Waals surface area contributed by atoms with Gasteiger partial charge in [0.25, 0.3) is 0 Å². The molecule has 0 bridgehead atoms. The first-order chi connectivity index (χ1) is 6.08. The lowest BCUT2D eigenvalue weighted by Gasteiger charge is -2.29. The fourth-order valence-corrected chi connectivity index (χ4v) is 1.26. The van der Waals surface area contributed by atoms with Gasteiger partial charge in [0.2, 0.25) is 0 Å². The van der Waals surface area contributed by atoms with E-state index in [2.05, 4.69) is 0 Å². The summed E-state index contributed by atoms with van der Waals surface area (Å²) in [6.45, 7) is 3.90. The summed E-state index contributed by atoms with van der Waals surface area (Å²) in [7, 11) is 0. The Morgan fingerprint density at radius 2 is 1.92 bits per heavy atom. The summed E-state index contributed by atoms with van der Waals surface area (Å²) in [5.41, 5.74) is 6.57. The summed E-state index contributed by atoms with van der Waals surface area (Å²) in [5, 5.41) is 9.10. The van der Waals surface area contributed by atoms with Crippen molar-refractivity contribution in [3.05, 3.63) is 35.9 Å². The molecule has 0 aromatic heterocycles. The van der Waals surface area contributed by atoms with E-state index in [-0.39, 0.29) is 12.5 Å². The average molecular weight is 179 g/mol. The fraction of sp³-hybridized carbons (Fsp3) is 0.455. The van der Waals surface area contributed by atoms with Gasteiger partial charge >= 0.3 is 0 Å². The third-order valence-corrected chi connectivity index (χ3v) is 2.63. The summed E-state index contributed by atoms with van der Waals surface area (Å²) in [6, 6.07) is 10.0. The van der Waals surface area contributed by atoms with Gasteiger partial charge in [0.1, 0.15) is 0 Å². The Morgan fingerprint density at radius 1 is 1.38 bits per heavy atom. The quantitative estimate of drug-likeness (QED) is 0.738. The highest BCUT2D eigenvalue weighted by Gasteiger charge is 2.26. The van der Waals surface area contributed by atoms with Crippen LogP contribution < -0.4 is 5.73 Å². The summed E-state index contributed by atoms with van der Waals surface area (Å²) >= 11 is 0. The normalized spacial score (nSPS) is 17.8. The third kappa shape index (κ3) is 2.29. The van der Waals surface area contributed by atoms with Crippen LogP contribution in [0.4, 0.5) is 0 Å². The first-order valence-corrected chi connectivity index (χ1v) is 4.52. The molecule has 0 saturated carbocycles. The Labute approximate surface area is 79.4 Å². The van der Waals surface area contributed by atoms with Gasteiger partial charge in [0.15, 0.2) is 0 Å². The molecule has 0 fully saturated rings. The molecular formula is C11H17NO. The first-order valence-electron chi connectivity index (χ1n) is 4.52. The lowest BCUT2D eigenvalue weighted by Crippen LogP contribution is -2.45. The second-order valence-electron chi connectivity index (χ2n) is 3.80. The van der Waals surface area contributed by atoms with E-state index in [1.54, 1.807) is 0 Å². The van der Waals surface area contributed by atoms with Crippen molar-refractivity contribution in [1.82, 2.24) is 0 Å². The third-order valence-electron chi connectivity index (χ3n) is 2.63. The Kier molecular flexibility index (Phi) is 3.07. The van der Waals surface area contributed by atoms with Crippen LogP contribution in [0.3, 0.4) is 0 Å². The van der Waals surface area contributed by atoms with Gasteiger partial charge in [-0.2, -0.15) is 0 Å². The molecule has 0 aliphatic carbocycles. The van der Waals surface area contributed by atoms with Crippen LogP contribution in [0.1, 0.15) is 25.3 Å². The first kappa shape index (κ1) is 10.2. The average Bonchev–Trinajstić information content (AvgIpc) is 2.18. The molecule has 0 amide bonds. The van der Waals surface area contributed by atoms with Crippen LogP contribution in [0.5, 0.6) is 0 Å². The molecule has 0 aliphatic rings. The molecule has 2 unspecified atom stereocenters. The predicted molar refractivity (Wildman–Crippen MR) is 54.5 cm³/mol. The Morgan fingerprint density at radius 3 is 2.38 bits per heavy atom. The molecule has 0 aliphatic heterocycles. The van der Waals surface area contributed by atoms with Gasteiger partial charge in [0, 0.05) is 11.5 Å². The number of nitrogens with two attached hydrogens (primary N) is 1.